The first kappa shape index (κ1) is 12.9. The second kappa shape index (κ2) is 5.89. The molecule has 3 heteroatoms. The van der Waals surface area contributed by atoms with E-state index in [1.54, 1.807) is 7.11 Å². The smallest absolute Gasteiger partial charge is 0.257 e. The van der Waals surface area contributed by atoms with Gasteiger partial charge in [0.25, 0.3) is 5.91 Å². The Morgan fingerprint density at radius 2 is 2.00 bits per heavy atom. The summed E-state index contributed by atoms with van der Waals surface area (Å²) in [5.74, 6) is 0.805. The van der Waals surface area contributed by atoms with Gasteiger partial charge in [-0.3, -0.25) is 4.79 Å². The minimum Gasteiger partial charge on any atom is -0.496 e. The Morgan fingerprint density at radius 1 is 1.28 bits per heavy atom. The Labute approximate surface area is 109 Å². The van der Waals surface area contributed by atoms with Crippen molar-refractivity contribution in [1.82, 2.24) is 4.90 Å². The number of benzene rings is 1. The molecule has 1 saturated heterocycles. The predicted molar refractivity (Wildman–Crippen MR) is 72.1 cm³/mol. The van der Waals surface area contributed by atoms with Crippen LogP contribution < -0.4 is 4.74 Å². The number of amides is 1. The average molecular weight is 247 g/mol. The van der Waals surface area contributed by atoms with Crippen LogP contribution in [0.15, 0.2) is 18.2 Å². The fraction of sp³-hybridized carbons (Fsp3) is 0.533. The lowest BCUT2D eigenvalue weighted by Gasteiger charge is -2.27. The molecule has 3 nitrogen and oxygen atoms in total. The monoisotopic (exact) mass is 247 g/mol. The van der Waals surface area contributed by atoms with Gasteiger partial charge in [-0.1, -0.05) is 13.0 Å². The van der Waals surface area contributed by atoms with Crippen LogP contribution in [0.2, 0.25) is 0 Å². The first-order chi connectivity index (χ1) is 8.76. The highest BCUT2D eigenvalue weighted by atomic mass is 16.5. The zero-order valence-corrected chi connectivity index (χ0v) is 11.2. The molecule has 0 aromatic heterocycles. The van der Waals surface area contributed by atoms with E-state index in [9.17, 15) is 4.79 Å². The number of ether oxygens (including phenoxy) is 1. The van der Waals surface area contributed by atoms with E-state index in [4.69, 9.17) is 4.74 Å². The zero-order chi connectivity index (χ0) is 13.0. The quantitative estimate of drug-likeness (QED) is 0.822. The van der Waals surface area contributed by atoms with Gasteiger partial charge in [0.1, 0.15) is 5.75 Å². The van der Waals surface area contributed by atoms with Crippen molar-refractivity contribution in [3.8, 4) is 5.75 Å². The number of piperidine rings is 1. The summed E-state index contributed by atoms with van der Waals surface area (Å²) >= 11 is 0. The molecule has 0 spiro atoms. The summed E-state index contributed by atoms with van der Waals surface area (Å²) in [6, 6.07) is 5.88. The highest BCUT2D eigenvalue weighted by molar-refractivity contribution is 5.97. The summed E-state index contributed by atoms with van der Waals surface area (Å²) in [4.78, 5) is 14.4. The maximum atomic E-state index is 12.4. The standard InChI is InChI=1S/C15H21NO2/c1-3-12-7-8-13(14(11-12)18-2)15(17)16-9-5-4-6-10-16/h7-8,11H,3-6,9-10H2,1-2H3. The highest BCUT2D eigenvalue weighted by Crippen LogP contribution is 2.23. The Kier molecular flexibility index (Phi) is 4.24. The maximum Gasteiger partial charge on any atom is 0.257 e. The second-order valence-corrected chi connectivity index (χ2v) is 4.74. The van der Waals surface area contributed by atoms with Gasteiger partial charge < -0.3 is 9.64 Å². The Hall–Kier alpha value is -1.51. The molecule has 1 fully saturated rings. The number of rotatable bonds is 3. The largest absolute Gasteiger partial charge is 0.496 e. The van der Waals surface area contributed by atoms with Crippen molar-refractivity contribution >= 4 is 5.91 Å². The zero-order valence-electron chi connectivity index (χ0n) is 11.2. The van der Waals surface area contributed by atoms with E-state index in [0.29, 0.717) is 11.3 Å². The van der Waals surface area contributed by atoms with Crippen molar-refractivity contribution in [2.24, 2.45) is 0 Å². The summed E-state index contributed by atoms with van der Waals surface area (Å²) in [5, 5.41) is 0. The number of nitrogens with zero attached hydrogens (tertiary/aromatic N) is 1. The van der Waals surface area contributed by atoms with Crippen LogP contribution in [0, 0.1) is 0 Å². The van der Waals surface area contributed by atoms with Crippen molar-refractivity contribution < 1.29 is 9.53 Å². The van der Waals surface area contributed by atoms with Crippen LogP contribution in [0.4, 0.5) is 0 Å². The number of carbonyl (C=O) groups excluding carboxylic acids is 1. The van der Waals surface area contributed by atoms with Crippen molar-refractivity contribution in [2.75, 3.05) is 20.2 Å². The van der Waals surface area contributed by atoms with E-state index in [2.05, 4.69) is 6.92 Å². The molecule has 0 aliphatic carbocycles. The molecule has 1 aliphatic rings. The lowest BCUT2D eigenvalue weighted by Crippen LogP contribution is -2.35. The van der Waals surface area contributed by atoms with Crippen molar-refractivity contribution in [2.45, 2.75) is 32.6 Å². The Balaban J connectivity index is 2.23. The molecule has 0 N–H and O–H groups in total. The molecule has 1 aromatic carbocycles. The van der Waals surface area contributed by atoms with Gasteiger partial charge in [0.15, 0.2) is 0 Å². The lowest BCUT2D eigenvalue weighted by atomic mass is 10.1. The maximum absolute atomic E-state index is 12.4. The third-order valence-electron chi connectivity index (χ3n) is 3.55. The van der Waals surface area contributed by atoms with Gasteiger partial charge >= 0.3 is 0 Å². The van der Waals surface area contributed by atoms with Gasteiger partial charge in [0.05, 0.1) is 12.7 Å². The number of carbonyl (C=O) groups is 1. The lowest BCUT2D eigenvalue weighted by molar-refractivity contribution is 0.0721. The Bertz CT molecular complexity index is 423. The van der Waals surface area contributed by atoms with Crippen LogP contribution in [0.1, 0.15) is 42.1 Å². The molecule has 1 aromatic rings. The van der Waals surface area contributed by atoms with Crippen LogP contribution >= 0.6 is 0 Å². The molecule has 0 bridgehead atoms. The van der Waals surface area contributed by atoms with Crippen molar-refractivity contribution in [3.63, 3.8) is 0 Å². The van der Waals surface area contributed by atoms with Crippen molar-refractivity contribution in [1.29, 1.82) is 0 Å². The number of likely N-dealkylation sites (tertiary alicyclic amines) is 1. The van der Waals surface area contributed by atoms with Crippen LogP contribution in [0.5, 0.6) is 5.75 Å². The van der Waals surface area contributed by atoms with Gasteiger partial charge in [0, 0.05) is 13.1 Å². The van der Waals surface area contributed by atoms with E-state index in [1.807, 2.05) is 23.1 Å². The molecule has 0 unspecified atom stereocenters. The first-order valence-electron chi connectivity index (χ1n) is 6.72. The molecule has 1 aliphatic heterocycles. The van der Waals surface area contributed by atoms with Crippen LogP contribution in [0.3, 0.4) is 0 Å². The van der Waals surface area contributed by atoms with Crippen LogP contribution in [0.25, 0.3) is 0 Å². The topological polar surface area (TPSA) is 29.5 Å². The predicted octanol–water partition coefficient (Wildman–Crippen LogP) is 2.88. The van der Waals surface area contributed by atoms with Crippen molar-refractivity contribution in [3.05, 3.63) is 29.3 Å². The van der Waals surface area contributed by atoms with E-state index in [0.717, 1.165) is 32.4 Å². The molecule has 98 valence electrons. The van der Waals surface area contributed by atoms with Gasteiger partial charge in [-0.05, 0) is 43.4 Å². The van der Waals surface area contributed by atoms with E-state index < -0.39 is 0 Å². The minimum atomic E-state index is 0.106. The fourth-order valence-corrected chi connectivity index (χ4v) is 2.40. The molecule has 18 heavy (non-hydrogen) atoms. The fourth-order valence-electron chi connectivity index (χ4n) is 2.40. The first-order valence-corrected chi connectivity index (χ1v) is 6.72. The average Bonchev–Trinajstić information content (AvgIpc) is 2.46. The molecule has 1 heterocycles. The number of aryl methyl sites for hydroxylation is 1. The van der Waals surface area contributed by atoms with E-state index in [-0.39, 0.29) is 5.91 Å². The molecule has 0 radical (unpaired) electrons. The van der Waals surface area contributed by atoms with Gasteiger partial charge in [-0.2, -0.15) is 0 Å². The van der Waals surface area contributed by atoms with Gasteiger partial charge in [-0.25, -0.2) is 0 Å². The van der Waals surface area contributed by atoms with E-state index >= 15 is 0 Å². The second-order valence-electron chi connectivity index (χ2n) is 4.74. The minimum absolute atomic E-state index is 0.106. The summed E-state index contributed by atoms with van der Waals surface area (Å²) in [6.07, 6.45) is 4.41. The summed E-state index contributed by atoms with van der Waals surface area (Å²) < 4.78 is 5.35. The number of hydrogen-bond acceptors (Lipinski definition) is 2. The molecule has 2 rings (SSSR count). The molecular formula is C15H21NO2. The number of hydrogen-bond donors (Lipinski definition) is 0. The highest BCUT2D eigenvalue weighted by Gasteiger charge is 2.21. The van der Waals surface area contributed by atoms with Crippen LogP contribution in [-0.2, 0) is 6.42 Å². The summed E-state index contributed by atoms with van der Waals surface area (Å²) in [6.45, 7) is 3.84. The summed E-state index contributed by atoms with van der Waals surface area (Å²) in [5.41, 5.74) is 1.89. The molecule has 1 amide bonds. The SMILES string of the molecule is CCc1ccc(C(=O)N2CCCCC2)c(OC)c1. The van der Waals surface area contributed by atoms with Crippen LogP contribution in [-0.4, -0.2) is 31.0 Å². The molecule has 0 saturated carbocycles. The normalized spacial score (nSPS) is 15.6. The Morgan fingerprint density at radius 3 is 2.61 bits per heavy atom. The third-order valence-corrected chi connectivity index (χ3v) is 3.55. The van der Waals surface area contributed by atoms with Gasteiger partial charge in [-0.15, -0.1) is 0 Å². The summed E-state index contributed by atoms with van der Waals surface area (Å²) in [7, 11) is 1.63. The van der Waals surface area contributed by atoms with Gasteiger partial charge in [0.2, 0.25) is 0 Å². The third kappa shape index (κ3) is 2.66. The molecular weight excluding hydrogens is 226 g/mol. The van der Waals surface area contributed by atoms with E-state index in [1.165, 1.54) is 12.0 Å². The number of methoxy groups -OCH3 is 1. The molecule has 0 atom stereocenters.